The number of hydrogen-bond donors (Lipinski definition) is 2. The maximum absolute atomic E-state index is 12.7. The molecule has 3 rings (SSSR count). The molecule has 128 valence electrons. The number of nitrogens with one attached hydrogen (secondary N) is 1. The molecule has 3 N–H and O–H groups in total. The summed E-state index contributed by atoms with van der Waals surface area (Å²) in [5.41, 5.74) is 7.89. The molecule has 0 saturated carbocycles. The minimum Gasteiger partial charge on any atom is -0.349 e. The Morgan fingerprint density at radius 1 is 1.29 bits per heavy atom. The van der Waals surface area contributed by atoms with Gasteiger partial charge in [0.15, 0.2) is 0 Å². The highest BCUT2D eigenvalue weighted by molar-refractivity contribution is 7.99. The Labute approximate surface area is 157 Å². The first-order valence-corrected chi connectivity index (χ1v) is 9.03. The Hall–Kier alpha value is -1.20. The van der Waals surface area contributed by atoms with Crippen molar-refractivity contribution in [2.24, 2.45) is 5.73 Å². The third kappa shape index (κ3) is 4.25. The maximum Gasteiger partial charge on any atom is 0.229 e. The van der Waals surface area contributed by atoms with Gasteiger partial charge in [0.05, 0.1) is 12.0 Å². The monoisotopic (exact) mass is 382 g/mol. The van der Waals surface area contributed by atoms with E-state index in [4.69, 9.17) is 17.3 Å². The van der Waals surface area contributed by atoms with Gasteiger partial charge >= 0.3 is 0 Å². The molecule has 1 amide bonds. The zero-order valence-corrected chi connectivity index (χ0v) is 15.5. The molecule has 1 heterocycles. The van der Waals surface area contributed by atoms with Crippen molar-refractivity contribution in [2.75, 3.05) is 12.3 Å². The number of halogens is 2. The lowest BCUT2D eigenvalue weighted by Crippen LogP contribution is -2.37. The second-order valence-electron chi connectivity index (χ2n) is 5.58. The molecule has 2 unspecified atom stereocenters. The normalized spacial score (nSPS) is 17.3. The van der Waals surface area contributed by atoms with E-state index in [-0.39, 0.29) is 30.3 Å². The summed E-state index contributed by atoms with van der Waals surface area (Å²) in [6.45, 7) is 0.291. The topological polar surface area (TPSA) is 55.1 Å². The van der Waals surface area contributed by atoms with Crippen LogP contribution in [0, 0.1) is 0 Å². The number of benzene rings is 2. The molecule has 2 atom stereocenters. The van der Waals surface area contributed by atoms with Crippen molar-refractivity contribution in [3.8, 4) is 0 Å². The molecule has 1 aliphatic rings. The fraction of sp³-hybridized carbons (Fsp3) is 0.278. The minimum atomic E-state index is -0.326. The van der Waals surface area contributed by atoms with Crippen molar-refractivity contribution < 1.29 is 4.79 Å². The van der Waals surface area contributed by atoms with Crippen LogP contribution < -0.4 is 11.1 Å². The Kier molecular flexibility index (Phi) is 6.99. The molecule has 3 nitrogen and oxygen atoms in total. The van der Waals surface area contributed by atoms with E-state index in [0.29, 0.717) is 11.6 Å². The number of thioether (sulfide) groups is 1. The SMILES string of the molecule is Cl.NCC(C(=O)NC1CCSc2ccc(Cl)cc21)c1ccccc1. The minimum absolute atomic E-state index is 0. The highest BCUT2D eigenvalue weighted by Gasteiger charge is 2.26. The molecule has 0 aromatic heterocycles. The van der Waals surface area contributed by atoms with Crippen LogP contribution in [0.2, 0.25) is 5.02 Å². The first-order valence-electron chi connectivity index (χ1n) is 7.66. The summed E-state index contributed by atoms with van der Waals surface area (Å²) in [5.74, 6) is 0.632. The number of hydrogen-bond acceptors (Lipinski definition) is 3. The van der Waals surface area contributed by atoms with Gasteiger partial charge in [0.2, 0.25) is 5.91 Å². The first-order chi connectivity index (χ1) is 11.2. The van der Waals surface area contributed by atoms with Crippen molar-refractivity contribution in [2.45, 2.75) is 23.3 Å². The van der Waals surface area contributed by atoms with Crippen LogP contribution >= 0.6 is 35.8 Å². The van der Waals surface area contributed by atoms with Crippen molar-refractivity contribution in [1.29, 1.82) is 0 Å². The smallest absolute Gasteiger partial charge is 0.229 e. The van der Waals surface area contributed by atoms with Gasteiger partial charge in [-0.3, -0.25) is 4.79 Å². The van der Waals surface area contributed by atoms with Crippen LogP contribution in [0.3, 0.4) is 0 Å². The van der Waals surface area contributed by atoms with Gasteiger partial charge in [-0.15, -0.1) is 24.2 Å². The van der Waals surface area contributed by atoms with Gasteiger partial charge in [0.25, 0.3) is 0 Å². The van der Waals surface area contributed by atoms with Crippen LogP contribution in [-0.2, 0) is 4.79 Å². The molecule has 0 aliphatic carbocycles. The van der Waals surface area contributed by atoms with E-state index < -0.39 is 0 Å². The standard InChI is InChI=1S/C18H19ClN2OS.ClH/c19-13-6-7-17-14(10-13)16(8-9-23-17)21-18(22)15(11-20)12-4-2-1-3-5-12;/h1-7,10,15-16H,8-9,11,20H2,(H,21,22);1H. The number of amides is 1. The second-order valence-corrected chi connectivity index (χ2v) is 7.15. The van der Waals surface area contributed by atoms with E-state index in [2.05, 4.69) is 5.32 Å². The number of rotatable bonds is 4. The zero-order chi connectivity index (χ0) is 16.2. The van der Waals surface area contributed by atoms with E-state index in [0.717, 1.165) is 23.3 Å². The van der Waals surface area contributed by atoms with Crippen LogP contribution in [0.4, 0.5) is 0 Å². The van der Waals surface area contributed by atoms with Gasteiger partial charge in [-0.25, -0.2) is 0 Å². The van der Waals surface area contributed by atoms with Gasteiger partial charge < -0.3 is 11.1 Å². The van der Waals surface area contributed by atoms with Gasteiger partial charge in [-0.1, -0.05) is 41.9 Å². The molecular weight excluding hydrogens is 363 g/mol. The summed E-state index contributed by atoms with van der Waals surface area (Å²) in [6.07, 6.45) is 0.899. The Morgan fingerprint density at radius 2 is 2.04 bits per heavy atom. The first kappa shape index (κ1) is 19.1. The number of nitrogens with two attached hydrogens (primary N) is 1. The van der Waals surface area contributed by atoms with Crippen molar-refractivity contribution in [1.82, 2.24) is 5.32 Å². The summed E-state index contributed by atoms with van der Waals surface area (Å²) in [7, 11) is 0. The molecule has 1 aliphatic heterocycles. The second kappa shape index (κ2) is 8.77. The molecule has 0 saturated heterocycles. The lowest BCUT2D eigenvalue weighted by molar-refractivity contribution is -0.123. The molecule has 0 bridgehead atoms. The van der Waals surface area contributed by atoms with Gasteiger partial charge in [0.1, 0.15) is 0 Å². The summed E-state index contributed by atoms with van der Waals surface area (Å²) in [6, 6.07) is 15.5. The summed E-state index contributed by atoms with van der Waals surface area (Å²) < 4.78 is 0. The molecule has 0 radical (unpaired) electrons. The van der Waals surface area contributed by atoms with Gasteiger partial charge in [0, 0.05) is 22.2 Å². The third-order valence-corrected chi connectivity index (χ3v) is 5.44. The highest BCUT2D eigenvalue weighted by Crippen LogP contribution is 2.37. The summed E-state index contributed by atoms with van der Waals surface area (Å²) in [4.78, 5) is 13.9. The largest absolute Gasteiger partial charge is 0.349 e. The summed E-state index contributed by atoms with van der Waals surface area (Å²) >= 11 is 7.93. The average molecular weight is 383 g/mol. The van der Waals surface area contributed by atoms with E-state index in [1.165, 1.54) is 4.90 Å². The molecule has 0 fully saturated rings. The van der Waals surface area contributed by atoms with Gasteiger partial charge in [-0.05, 0) is 35.7 Å². The highest BCUT2D eigenvalue weighted by atomic mass is 35.5. The van der Waals surface area contributed by atoms with Crippen molar-refractivity contribution in [3.05, 3.63) is 64.7 Å². The third-order valence-electron chi connectivity index (χ3n) is 4.08. The fourth-order valence-electron chi connectivity index (χ4n) is 2.87. The average Bonchev–Trinajstić information content (AvgIpc) is 2.57. The Balaban J connectivity index is 0.00000208. The predicted octanol–water partition coefficient (Wildman–Crippen LogP) is 4.16. The Bertz CT molecular complexity index is 697. The molecule has 2 aromatic carbocycles. The van der Waals surface area contributed by atoms with Gasteiger partial charge in [-0.2, -0.15) is 0 Å². The summed E-state index contributed by atoms with van der Waals surface area (Å²) in [5, 5.41) is 3.86. The lowest BCUT2D eigenvalue weighted by Gasteiger charge is -2.28. The van der Waals surface area contributed by atoms with Crippen LogP contribution in [0.1, 0.15) is 29.5 Å². The number of carbonyl (C=O) groups is 1. The Morgan fingerprint density at radius 3 is 2.75 bits per heavy atom. The fourth-order valence-corrected chi connectivity index (χ4v) is 4.15. The van der Waals surface area contributed by atoms with Crippen LogP contribution in [-0.4, -0.2) is 18.2 Å². The van der Waals surface area contributed by atoms with Crippen LogP contribution in [0.15, 0.2) is 53.4 Å². The van der Waals surface area contributed by atoms with E-state index in [1.807, 2.05) is 48.5 Å². The van der Waals surface area contributed by atoms with E-state index >= 15 is 0 Å². The van der Waals surface area contributed by atoms with Crippen molar-refractivity contribution in [3.63, 3.8) is 0 Å². The maximum atomic E-state index is 12.7. The zero-order valence-electron chi connectivity index (χ0n) is 13.1. The molecule has 24 heavy (non-hydrogen) atoms. The number of fused-ring (bicyclic) bond motifs is 1. The van der Waals surface area contributed by atoms with Crippen LogP contribution in [0.25, 0.3) is 0 Å². The van der Waals surface area contributed by atoms with Crippen LogP contribution in [0.5, 0.6) is 0 Å². The molecular formula is C18H20Cl2N2OS. The van der Waals surface area contributed by atoms with E-state index in [9.17, 15) is 4.79 Å². The lowest BCUT2D eigenvalue weighted by atomic mass is 9.96. The quantitative estimate of drug-likeness (QED) is 0.834. The predicted molar refractivity (Wildman–Crippen MR) is 103 cm³/mol. The van der Waals surface area contributed by atoms with E-state index in [1.54, 1.807) is 11.8 Å². The van der Waals surface area contributed by atoms with Crippen molar-refractivity contribution >= 4 is 41.7 Å². The molecule has 2 aromatic rings. The number of carbonyl (C=O) groups excluding carboxylic acids is 1. The molecule has 0 spiro atoms. The molecule has 6 heteroatoms.